The van der Waals surface area contributed by atoms with E-state index in [2.05, 4.69) is 4.74 Å². The average molecular weight is 375 g/mol. The summed E-state index contributed by atoms with van der Waals surface area (Å²) in [5.74, 6) is -1.32. The number of nitro benzene ring substituents is 1. The number of benzene rings is 2. The quantitative estimate of drug-likeness (QED) is 0.333. The van der Waals surface area contributed by atoms with Gasteiger partial charge in [0.05, 0.1) is 28.3 Å². The molecule has 0 radical (unpaired) electrons. The molecule has 0 saturated carbocycles. The SMILES string of the molecule is COC(=O)/C(=C/c1ccc([N+](=O)[O-])cc1)CS(=O)(=O)c1ccc(C)cc1. The number of carbonyl (C=O) groups is 1. The molecular formula is C18H17NO6S. The van der Waals surface area contributed by atoms with E-state index < -0.39 is 26.5 Å². The van der Waals surface area contributed by atoms with Crippen molar-refractivity contribution in [3.63, 3.8) is 0 Å². The first-order chi connectivity index (χ1) is 12.2. The molecule has 0 aliphatic rings. The second-order valence-electron chi connectivity index (χ2n) is 5.58. The molecule has 0 saturated heterocycles. The van der Waals surface area contributed by atoms with Crippen LogP contribution in [-0.2, 0) is 19.4 Å². The van der Waals surface area contributed by atoms with Gasteiger partial charge in [-0.3, -0.25) is 10.1 Å². The van der Waals surface area contributed by atoms with E-state index in [1.54, 1.807) is 12.1 Å². The maximum absolute atomic E-state index is 12.6. The maximum Gasteiger partial charge on any atom is 0.334 e. The molecule has 136 valence electrons. The van der Waals surface area contributed by atoms with Gasteiger partial charge in [-0.2, -0.15) is 0 Å². The number of nitro groups is 1. The van der Waals surface area contributed by atoms with E-state index >= 15 is 0 Å². The van der Waals surface area contributed by atoms with E-state index in [0.717, 1.165) is 12.7 Å². The van der Waals surface area contributed by atoms with Gasteiger partial charge in [0.25, 0.3) is 5.69 Å². The molecular weight excluding hydrogens is 358 g/mol. The third-order valence-electron chi connectivity index (χ3n) is 3.62. The van der Waals surface area contributed by atoms with Crippen LogP contribution < -0.4 is 0 Å². The summed E-state index contributed by atoms with van der Waals surface area (Å²) in [6, 6.07) is 11.7. The van der Waals surface area contributed by atoms with Crippen LogP contribution in [0.1, 0.15) is 11.1 Å². The zero-order chi connectivity index (χ0) is 19.3. The van der Waals surface area contributed by atoms with Crippen LogP contribution >= 0.6 is 0 Å². The highest BCUT2D eigenvalue weighted by molar-refractivity contribution is 7.91. The van der Waals surface area contributed by atoms with Gasteiger partial charge in [-0.15, -0.1) is 0 Å². The number of sulfone groups is 1. The third kappa shape index (κ3) is 4.76. The van der Waals surface area contributed by atoms with Gasteiger partial charge < -0.3 is 4.74 Å². The lowest BCUT2D eigenvalue weighted by Gasteiger charge is -2.08. The van der Waals surface area contributed by atoms with Crippen molar-refractivity contribution in [1.82, 2.24) is 0 Å². The minimum Gasteiger partial charge on any atom is -0.466 e. The van der Waals surface area contributed by atoms with Gasteiger partial charge >= 0.3 is 5.97 Å². The van der Waals surface area contributed by atoms with Crippen molar-refractivity contribution in [2.75, 3.05) is 12.9 Å². The first-order valence-electron chi connectivity index (χ1n) is 7.56. The van der Waals surface area contributed by atoms with Crippen LogP contribution in [-0.4, -0.2) is 32.2 Å². The van der Waals surface area contributed by atoms with Crippen molar-refractivity contribution >= 4 is 27.6 Å². The molecule has 2 aromatic rings. The molecule has 2 rings (SSSR count). The topological polar surface area (TPSA) is 104 Å². The summed E-state index contributed by atoms with van der Waals surface area (Å²) < 4.78 is 29.8. The highest BCUT2D eigenvalue weighted by atomic mass is 32.2. The Labute approximate surface area is 151 Å². The van der Waals surface area contributed by atoms with Crippen LogP contribution in [0.3, 0.4) is 0 Å². The second-order valence-corrected chi connectivity index (χ2v) is 7.57. The van der Waals surface area contributed by atoms with Crippen molar-refractivity contribution < 1.29 is 22.9 Å². The molecule has 0 fully saturated rings. The Kier molecular flexibility index (Phi) is 5.89. The summed E-state index contributed by atoms with van der Waals surface area (Å²) in [5.41, 5.74) is 1.20. The van der Waals surface area contributed by atoms with E-state index in [0.29, 0.717) is 5.56 Å². The minimum atomic E-state index is -3.75. The zero-order valence-electron chi connectivity index (χ0n) is 14.2. The number of hydrogen-bond acceptors (Lipinski definition) is 6. The van der Waals surface area contributed by atoms with Crippen molar-refractivity contribution in [3.8, 4) is 0 Å². The summed E-state index contributed by atoms with van der Waals surface area (Å²) in [7, 11) is -2.59. The van der Waals surface area contributed by atoms with Gasteiger partial charge in [-0.1, -0.05) is 17.7 Å². The van der Waals surface area contributed by atoms with E-state index in [9.17, 15) is 23.3 Å². The molecule has 0 heterocycles. The van der Waals surface area contributed by atoms with E-state index in [-0.39, 0.29) is 16.2 Å². The fourth-order valence-corrected chi connectivity index (χ4v) is 3.55. The molecule has 8 heteroatoms. The Hall–Kier alpha value is -3.00. The molecule has 0 N–H and O–H groups in total. The smallest absolute Gasteiger partial charge is 0.334 e. The van der Waals surface area contributed by atoms with Crippen LogP contribution in [0.25, 0.3) is 6.08 Å². The first-order valence-corrected chi connectivity index (χ1v) is 9.21. The predicted octanol–water partition coefficient (Wildman–Crippen LogP) is 2.93. The normalized spacial score (nSPS) is 11.8. The van der Waals surface area contributed by atoms with E-state index in [1.807, 2.05) is 6.92 Å². The van der Waals surface area contributed by atoms with Crippen LogP contribution in [0.15, 0.2) is 59.0 Å². The molecule has 0 aliphatic heterocycles. The van der Waals surface area contributed by atoms with Crippen molar-refractivity contribution in [2.24, 2.45) is 0 Å². The monoisotopic (exact) mass is 375 g/mol. The maximum atomic E-state index is 12.6. The van der Waals surface area contributed by atoms with Crippen LogP contribution in [0.2, 0.25) is 0 Å². The molecule has 7 nitrogen and oxygen atoms in total. The largest absolute Gasteiger partial charge is 0.466 e. The molecule has 0 atom stereocenters. The van der Waals surface area contributed by atoms with Crippen LogP contribution in [0.4, 0.5) is 5.69 Å². The molecule has 0 aromatic heterocycles. The number of rotatable bonds is 6. The Morgan fingerprint density at radius 2 is 1.69 bits per heavy atom. The number of hydrogen-bond donors (Lipinski definition) is 0. The Bertz CT molecular complexity index is 944. The van der Waals surface area contributed by atoms with Crippen LogP contribution in [0, 0.1) is 17.0 Å². The number of aryl methyl sites for hydroxylation is 1. The number of ether oxygens (including phenoxy) is 1. The Morgan fingerprint density at radius 1 is 1.12 bits per heavy atom. The number of esters is 1. The summed E-state index contributed by atoms with van der Waals surface area (Å²) in [6.45, 7) is 1.84. The van der Waals surface area contributed by atoms with Crippen molar-refractivity contribution in [2.45, 2.75) is 11.8 Å². The lowest BCUT2D eigenvalue weighted by molar-refractivity contribution is -0.384. The third-order valence-corrected chi connectivity index (χ3v) is 5.30. The zero-order valence-corrected chi connectivity index (χ0v) is 15.0. The standard InChI is InChI=1S/C18H17NO6S/c1-13-3-9-17(10-4-13)26(23,24)12-15(18(20)25-2)11-14-5-7-16(8-6-14)19(21)22/h3-11H,12H2,1-2H3/b15-11+. The number of nitrogens with zero attached hydrogens (tertiary/aromatic N) is 1. The molecule has 0 bridgehead atoms. The predicted molar refractivity (Wildman–Crippen MR) is 96.3 cm³/mol. The highest BCUT2D eigenvalue weighted by Gasteiger charge is 2.22. The minimum absolute atomic E-state index is 0.0677. The average Bonchev–Trinajstić information content (AvgIpc) is 2.61. The summed E-state index contributed by atoms with van der Waals surface area (Å²) >= 11 is 0. The van der Waals surface area contributed by atoms with Gasteiger partial charge in [0.2, 0.25) is 0 Å². The first kappa shape index (κ1) is 19.3. The van der Waals surface area contributed by atoms with Crippen molar-refractivity contribution in [3.05, 3.63) is 75.3 Å². The molecule has 0 aliphatic carbocycles. The fraction of sp³-hybridized carbons (Fsp3) is 0.167. The summed E-state index contributed by atoms with van der Waals surface area (Å²) in [5, 5.41) is 10.7. The van der Waals surface area contributed by atoms with Crippen LogP contribution in [0.5, 0.6) is 0 Å². The Balaban J connectivity index is 2.36. The van der Waals surface area contributed by atoms with Gasteiger partial charge in [0.1, 0.15) is 0 Å². The lowest BCUT2D eigenvalue weighted by Crippen LogP contribution is -2.16. The molecule has 0 amide bonds. The summed E-state index contributed by atoms with van der Waals surface area (Å²) in [4.78, 5) is 22.2. The highest BCUT2D eigenvalue weighted by Crippen LogP contribution is 2.19. The lowest BCUT2D eigenvalue weighted by atomic mass is 10.1. The van der Waals surface area contributed by atoms with Crippen molar-refractivity contribution in [1.29, 1.82) is 0 Å². The number of non-ortho nitro benzene ring substituents is 1. The van der Waals surface area contributed by atoms with Gasteiger partial charge in [0, 0.05) is 12.1 Å². The van der Waals surface area contributed by atoms with Gasteiger partial charge in [-0.05, 0) is 42.8 Å². The van der Waals surface area contributed by atoms with Gasteiger partial charge in [0.15, 0.2) is 9.84 Å². The molecule has 0 unspecified atom stereocenters. The number of carbonyl (C=O) groups excluding carboxylic acids is 1. The summed E-state index contributed by atoms with van der Waals surface area (Å²) in [6.07, 6.45) is 1.35. The number of methoxy groups -OCH3 is 1. The van der Waals surface area contributed by atoms with E-state index in [1.165, 1.54) is 42.5 Å². The molecule has 2 aromatic carbocycles. The molecule has 26 heavy (non-hydrogen) atoms. The van der Waals surface area contributed by atoms with Gasteiger partial charge in [-0.25, -0.2) is 13.2 Å². The van der Waals surface area contributed by atoms with E-state index in [4.69, 9.17) is 0 Å². The molecule has 0 spiro atoms. The fourth-order valence-electron chi connectivity index (χ4n) is 2.22. The Morgan fingerprint density at radius 3 is 2.19 bits per heavy atom. The second kappa shape index (κ2) is 7.92.